The normalized spacial score (nSPS) is 25.9. The van der Waals surface area contributed by atoms with Gasteiger partial charge in [0.1, 0.15) is 19.0 Å². The highest BCUT2D eigenvalue weighted by atomic mass is 19.3. The van der Waals surface area contributed by atoms with E-state index < -0.39 is 18.1 Å². The molecule has 20 heavy (non-hydrogen) atoms. The Labute approximate surface area is 116 Å². The first kappa shape index (κ1) is 14.7. The number of halogens is 2. The van der Waals surface area contributed by atoms with Crippen LogP contribution in [0.4, 0.5) is 14.5 Å². The van der Waals surface area contributed by atoms with E-state index in [9.17, 15) is 8.78 Å². The molecule has 0 spiro atoms. The molecule has 1 atom stereocenters. The summed E-state index contributed by atoms with van der Waals surface area (Å²) in [5, 5.41) is 0. The number of nitrogens with zero attached hydrogens (tertiary/aromatic N) is 1. The molecule has 1 aliphatic heterocycles. The van der Waals surface area contributed by atoms with Gasteiger partial charge in [0.15, 0.2) is 5.54 Å². The first-order chi connectivity index (χ1) is 9.30. The predicted molar refractivity (Wildman–Crippen MR) is 75.0 cm³/mol. The quantitative estimate of drug-likeness (QED) is 0.816. The molecule has 6 heteroatoms. The number of alkyl halides is 2. The van der Waals surface area contributed by atoms with Gasteiger partial charge in [-0.15, -0.1) is 0 Å². The number of ether oxygens (including phenoxy) is 1. The van der Waals surface area contributed by atoms with E-state index in [1.807, 2.05) is 6.92 Å². The summed E-state index contributed by atoms with van der Waals surface area (Å²) in [7, 11) is 0. The van der Waals surface area contributed by atoms with Crippen molar-refractivity contribution < 1.29 is 13.5 Å². The van der Waals surface area contributed by atoms with E-state index >= 15 is 0 Å². The van der Waals surface area contributed by atoms with Crippen molar-refractivity contribution in [2.45, 2.75) is 31.7 Å². The summed E-state index contributed by atoms with van der Waals surface area (Å²) in [5.74, 6) is -3.10. The summed E-state index contributed by atoms with van der Waals surface area (Å²) < 4.78 is 33.9. The summed E-state index contributed by atoms with van der Waals surface area (Å²) in [4.78, 5) is 4.04. The van der Waals surface area contributed by atoms with Gasteiger partial charge in [-0.25, -0.2) is 8.78 Å². The molecule has 0 aliphatic carbocycles. The Hall–Kier alpha value is -1.69. The van der Waals surface area contributed by atoms with Crippen LogP contribution in [0.5, 0.6) is 0 Å². The number of rotatable bonds is 2. The summed E-state index contributed by atoms with van der Waals surface area (Å²) in [5.41, 5.74) is 11.2. The highest BCUT2D eigenvalue weighted by molar-refractivity contribution is 5.82. The monoisotopic (exact) mass is 283 g/mol. The van der Waals surface area contributed by atoms with Crippen LogP contribution in [0.2, 0.25) is 0 Å². The number of benzene rings is 1. The van der Waals surface area contributed by atoms with E-state index in [2.05, 4.69) is 4.99 Å². The Morgan fingerprint density at radius 3 is 2.70 bits per heavy atom. The van der Waals surface area contributed by atoms with Crippen molar-refractivity contribution >= 4 is 11.5 Å². The van der Waals surface area contributed by atoms with E-state index in [-0.39, 0.29) is 12.4 Å². The van der Waals surface area contributed by atoms with E-state index in [4.69, 9.17) is 16.2 Å². The molecule has 0 saturated carbocycles. The fraction of sp³-hybridized carbons (Fsp3) is 0.500. The highest BCUT2D eigenvalue weighted by Crippen LogP contribution is 2.44. The third kappa shape index (κ3) is 2.35. The minimum absolute atomic E-state index is 0.0640. The molecule has 0 fully saturated rings. The minimum Gasteiger partial charge on any atom is -0.399 e. The molecule has 1 aromatic rings. The van der Waals surface area contributed by atoms with E-state index in [1.54, 1.807) is 18.2 Å². The molecule has 0 aromatic heterocycles. The van der Waals surface area contributed by atoms with Crippen molar-refractivity contribution in [1.29, 1.82) is 0 Å². The molecule has 110 valence electrons. The van der Waals surface area contributed by atoms with Crippen LogP contribution < -0.4 is 11.5 Å². The predicted octanol–water partition coefficient (Wildman–Crippen LogP) is 2.07. The largest absolute Gasteiger partial charge is 0.399 e. The SMILES string of the molecule is CCc1ccc(N)cc1[C@@]1(C)N=C(N)COCC1(F)F. The molecule has 2 rings (SSSR count). The lowest BCUT2D eigenvalue weighted by molar-refractivity contribution is -0.115. The van der Waals surface area contributed by atoms with Crippen molar-refractivity contribution in [2.75, 3.05) is 18.9 Å². The number of aryl methyl sites for hydroxylation is 1. The summed E-state index contributed by atoms with van der Waals surface area (Å²) >= 11 is 0. The number of nitrogen functional groups attached to an aromatic ring is 1. The number of hydrogen-bond acceptors (Lipinski definition) is 4. The average molecular weight is 283 g/mol. The third-order valence-corrected chi connectivity index (χ3v) is 3.65. The van der Waals surface area contributed by atoms with Gasteiger partial charge in [-0.05, 0) is 36.6 Å². The van der Waals surface area contributed by atoms with E-state index in [1.165, 1.54) is 6.92 Å². The maximum Gasteiger partial charge on any atom is 0.299 e. The van der Waals surface area contributed by atoms with Crippen molar-refractivity contribution in [3.05, 3.63) is 29.3 Å². The van der Waals surface area contributed by atoms with E-state index in [0.717, 1.165) is 5.56 Å². The molecule has 1 aromatic carbocycles. The molecule has 0 amide bonds. The topological polar surface area (TPSA) is 73.6 Å². The Morgan fingerprint density at radius 1 is 1.35 bits per heavy atom. The molecule has 0 bridgehead atoms. The number of anilines is 1. The van der Waals surface area contributed by atoms with Crippen LogP contribution in [0.3, 0.4) is 0 Å². The molecule has 1 heterocycles. The fourth-order valence-electron chi connectivity index (χ4n) is 2.44. The number of hydrogen-bond donors (Lipinski definition) is 2. The van der Waals surface area contributed by atoms with Gasteiger partial charge in [0.2, 0.25) is 0 Å². The fourth-order valence-corrected chi connectivity index (χ4v) is 2.44. The van der Waals surface area contributed by atoms with Gasteiger partial charge in [-0.1, -0.05) is 13.0 Å². The zero-order valence-electron chi connectivity index (χ0n) is 11.6. The van der Waals surface area contributed by atoms with Crippen LogP contribution >= 0.6 is 0 Å². The van der Waals surface area contributed by atoms with Gasteiger partial charge in [0.05, 0.1) is 0 Å². The van der Waals surface area contributed by atoms with Crippen LogP contribution in [-0.2, 0) is 16.7 Å². The number of aliphatic imine (C=N–C) groups is 1. The molecule has 1 aliphatic rings. The van der Waals surface area contributed by atoms with Crippen LogP contribution in [0.1, 0.15) is 25.0 Å². The van der Waals surface area contributed by atoms with Gasteiger partial charge in [-0.2, -0.15) is 0 Å². The standard InChI is InChI=1S/C14H19F2N3O/c1-3-9-4-5-10(17)6-11(9)13(2)14(15,16)8-20-7-12(18)19-13/h4-6H,3,7-8,17H2,1-2H3,(H2,18,19)/t13-/m1/s1. The molecular weight excluding hydrogens is 264 g/mol. The lowest BCUT2D eigenvalue weighted by atomic mass is 9.82. The minimum atomic E-state index is -3.16. The molecular formula is C14H19F2N3O. The van der Waals surface area contributed by atoms with Gasteiger partial charge < -0.3 is 16.2 Å². The Morgan fingerprint density at radius 2 is 2.05 bits per heavy atom. The molecule has 0 radical (unpaired) electrons. The Balaban J connectivity index is 2.67. The molecule has 0 saturated heterocycles. The molecule has 4 nitrogen and oxygen atoms in total. The van der Waals surface area contributed by atoms with Crippen LogP contribution in [0.15, 0.2) is 23.2 Å². The van der Waals surface area contributed by atoms with Crippen molar-refractivity contribution in [3.63, 3.8) is 0 Å². The van der Waals surface area contributed by atoms with Crippen molar-refractivity contribution in [1.82, 2.24) is 0 Å². The second-order valence-electron chi connectivity index (χ2n) is 5.14. The molecule has 0 unspecified atom stereocenters. The smallest absolute Gasteiger partial charge is 0.299 e. The van der Waals surface area contributed by atoms with Crippen LogP contribution in [-0.4, -0.2) is 25.0 Å². The van der Waals surface area contributed by atoms with Crippen LogP contribution in [0.25, 0.3) is 0 Å². The van der Waals surface area contributed by atoms with Gasteiger partial charge in [0, 0.05) is 5.69 Å². The first-order valence-electron chi connectivity index (χ1n) is 6.49. The van der Waals surface area contributed by atoms with Crippen molar-refractivity contribution in [3.8, 4) is 0 Å². The Bertz CT molecular complexity index is 545. The van der Waals surface area contributed by atoms with Crippen molar-refractivity contribution in [2.24, 2.45) is 10.7 Å². The second-order valence-corrected chi connectivity index (χ2v) is 5.14. The number of amidine groups is 1. The van der Waals surface area contributed by atoms with E-state index in [0.29, 0.717) is 17.7 Å². The zero-order valence-corrected chi connectivity index (χ0v) is 11.6. The first-order valence-corrected chi connectivity index (χ1v) is 6.49. The van der Waals surface area contributed by atoms with Gasteiger partial charge in [0.25, 0.3) is 5.92 Å². The second kappa shape index (κ2) is 5.01. The average Bonchev–Trinajstić information content (AvgIpc) is 2.47. The van der Waals surface area contributed by atoms with Gasteiger partial charge >= 0.3 is 0 Å². The van der Waals surface area contributed by atoms with Gasteiger partial charge in [-0.3, -0.25) is 4.99 Å². The Kier molecular flexibility index (Phi) is 3.69. The summed E-state index contributed by atoms with van der Waals surface area (Å²) in [6.07, 6.45) is 0.609. The number of nitrogens with two attached hydrogens (primary N) is 2. The zero-order chi connectivity index (χ0) is 15.0. The lowest BCUT2D eigenvalue weighted by Crippen LogP contribution is -2.45. The highest BCUT2D eigenvalue weighted by Gasteiger charge is 2.53. The van der Waals surface area contributed by atoms with Crippen LogP contribution in [0, 0.1) is 0 Å². The summed E-state index contributed by atoms with van der Waals surface area (Å²) in [6.45, 7) is 2.47. The molecule has 4 N–H and O–H groups in total. The summed E-state index contributed by atoms with van der Waals surface area (Å²) in [6, 6.07) is 5.00. The maximum atomic E-state index is 14.5. The maximum absolute atomic E-state index is 14.5. The lowest BCUT2D eigenvalue weighted by Gasteiger charge is -2.34. The third-order valence-electron chi connectivity index (χ3n) is 3.65.